The van der Waals surface area contributed by atoms with E-state index in [1.165, 1.54) is 6.42 Å². The summed E-state index contributed by atoms with van der Waals surface area (Å²) in [7, 11) is 0. The Bertz CT molecular complexity index is 855. The standard InChI is InChI=1S/C17H21N3O2S/c1-9-4-3-5-13(10(9)2)18-15(21)11-6-7-12-14(8-11)19-17(23)20-16(12)22/h6-10,13H,3-5H2,1-2H3,(H,18,21)(H2,19,20,22,23)/t9-,10+,13+/m1/s1. The van der Waals surface area contributed by atoms with Crippen molar-refractivity contribution in [1.82, 2.24) is 15.3 Å². The van der Waals surface area contributed by atoms with Crippen molar-refractivity contribution in [3.8, 4) is 0 Å². The predicted molar refractivity (Wildman–Crippen MR) is 93.2 cm³/mol. The SMILES string of the molecule is C[C@H]1[C@H](C)CCC[C@@H]1NC(=O)c1ccc2c(=O)[nH]c(=S)[nH]c2c1. The summed E-state index contributed by atoms with van der Waals surface area (Å²) in [4.78, 5) is 29.8. The summed E-state index contributed by atoms with van der Waals surface area (Å²) in [6, 6.07) is 5.23. The average Bonchev–Trinajstić information content (AvgIpc) is 2.51. The molecule has 122 valence electrons. The molecule has 3 atom stereocenters. The highest BCUT2D eigenvalue weighted by Gasteiger charge is 2.28. The van der Waals surface area contributed by atoms with E-state index in [9.17, 15) is 9.59 Å². The van der Waals surface area contributed by atoms with Crippen LogP contribution < -0.4 is 10.9 Å². The number of hydrogen-bond acceptors (Lipinski definition) is 3. The molecule has 0 bridgehead atoms. The molecule has 0 unspecified atom stereocenters. The van der Waals surface area contributed by atoms with E-state index in [4.69, 9.17) is 12.2 Å². The minimum Gasteiger partial charge on any atom is -0.349 e. The minimum atomic E-state index is -0.245. The van der Waals surface area contributed by atoms with Gasteiger partial charge in [0.25, 0.3) is 11.5 Å². The Labute approximate surface area is 139 Å². The topological polar surface area (TPSA) is 77.8 Å². The first-order chi connectivity index (χ1) is 11.0. The molecule has 1 saturated carbocycles. The third-order valence-corrected chi connectivity index (χ3v) is 5.23. The number of carbonyl (C=O) groups excluding carboxylic acids is 1. The van der Waals surface area contributed by atoms with Crippen LogP contribution in [0.1, 0.15) is 43.5 Å². The van der Waals surface area contributed by atoms with Gasteiger partial charge >= 0.3 is 0 Å². The van der Waals surface area contributed by atoms with Gasteiger partial charge in [-0.3, -0.25) is 14.6 Å². The van der Waals surface area contributed by atoms with Crippen LogP contribution in [0.5, 0.6) is 0 Å². The van der Waals surface area contributed by atoms with E-state index in [2.05, 4.69) is 29.1 Å². The number of benzene rings is 1. The van der Waals surface area contributed by atoms with Gasteiger partial charge in [-0.15, -0.1) is 0 Å². The van der Waals surface area contributed by atoms with Crippen molar-refractivity contribution in [3.05, 3.63) is 38.9 Å². The number of nitrogens with one attached hydrogen (secondary N) is 3. The normalized spacial score (nSPS) is 24.5. The van der Waals surface area contributed by atoms with Crippen LogP contribution >= 0.6 is 12.2 Å². The van der Waals surface area contributed by atoms with Gasteiger partial charge in [-0.1, -0.05) is 26.7 Å². The Morgan fingerprint density at radius 3 is 2.83 bits per heavy atom. The summed E-state index contributed by atoms with van der Waals surface area (Å²) in [6.45, 7) is 4.44. The van der Waals surface area contributed by atoms with E-state index in [1.54, 1.807) is 18.2 Å². The summed E-state index contributed by atoms with van der Waals surface area (Å²) >= 11 is 4.98. The first-order valence-electron chi connectivity index (χ1n) is 8.03. The lowest BCUT2D eigenvalue weighted by Crippen LogP contribution is -2.43. The monoisotopic (exact) mass is 331 g/mol. The van der Waals surface area contributed by atoms with Crippen LogP contribution in [0.3, 0.4) is 0 Å². The molecule has 0 aliphatic heterocycles. The third kappa shape index (κ3) is 3.22. The number of aromatic nitrogens is 2. The zero-order chi connectivity index (χ0) is 16.6. The van der Waals surface area contributed by atoms with Crippen molar-refractivity contribution in [2.75, 3.05) is 0 Å². The molecule has 1 amide bonds. The van der Waals surface area contributed by atoms with E-state index in [0.717, 1.165) is 12.8 Å². The fourth-order valence-electron chi connectivity index (χ4n) is 3.35. The van der Waals surface area contributed by atoms with Gasteiger partial charge in [0.15, 0.2) is 4.77 Å². The largest absolute Gasteiger partial charge is 0.349 e. The lowest BCUT2D eigenvalue weighted by Gasteiger charge is -2.34. The van der Waals surface area contributed by atoms with Crippen molar-refractivity contribution < 1.29 is 4.79 Å². The zero-order valence-electron chi connectivity index (χ0n) is 13.3. The highest BCUT2D eigenvalue weighted by atomic mass is 32.1. The van der Waals surface area contributed by atoms with Gasteiger partial charge in [0, 0.05) is 11.6 Å². The van der Waals surface area contributed by atoms with Crippen LogP contribution in [0, 0.1) is 16.6 Å². The number of carbonyl (C=O) groups is 1. The Balaban J connectivity index is 1.86. The fraction of sp³-hybridized carbons (Fsp3) is 0.471. The lowest BCUT2D eigenvalue weighted by atomic mass is 9.78. The van der Waals surface area contributed by atoms with Crippen LogP contribution in [-0.2, 0) is 0 Å². The summed E-state index contributed by atoms with van der Waals surface area (Å²) in [6.07, 6.45) is 3.40. The molecule has 1 aliphatic carbocycles. The summed E-state index contributed by atoms with van der Waals surface area (Å²) < 4.78 is 0.259. The van der Waals surface area contributed by atoms with Crippen molar-refractivity contribution in [2.24, 2.45) is 11.8 Å². The Morgan fingerprint density at radius 1 is 1.26 bits per heavy atom. The van der Waals surface area contributed by atoms with E-state index < -0.39 is 0 Å². The number of hydrogen-bond donors (Lipinski definition) is 3. The van der Waals surface area contributed by atoms with Gasteiger partial charge in [0.05, 0.1) is 10.9 Å². The molecule has 3 N–H and O–H groups in total. The summed E-state index contributed by atoms with van der Waals surface area (Å²) in [5.41, 5.74) is 0.876. The second-order valence-corrected chi connectivity index (χ2v) is 6.92. The van der Waals surface area contributed by atoms with Gasteiger partial charge in [-0.2, -0.15) is 0 Å². The second kappa shape index (κ2) is 6.28. The quantitative estimate of drug-likeness (QED) is 0.740. The number of H-pyrrole nitrogens is 2. The van der Waals surface area contributed by atoms with E-state index in [0.29, 0.717) is 28.3 Å². The maximum Gasteiger partial charge on any atom is 0.259 e. The highest BCUT2D eigenvalue weighted by molar-refractivity contribution is 7.71. The molecule has 6 heteroatoms. The molecule has 3 rings (SSSR count). The molecule has 1 aromatic carbocycles. The molecular formula is C17H21N3O2S. The molecule has 0 spiro atoms. The molecule has 0 saturated heterocycles. The molecular weight excluding hydrogens is 310 g/mol. The maximum absolute atomic E-state index is 12.5. The third-order valence-electron chi connectivity index (χ3n) is 5.02. The first kappa shape index (κ1) is 15.9. The molecule has 1 aromatic heterocycles. The molecule has 1 fully saturated rings. The van der Waals surface area contributed by atoms with E-state index >= 15 is 0 Å². The van der Waals surface area contributed by atoms with Crippen LogP contribution in [0.4, 0.5) is 0 Å². The van der Waals surface area contributed by atoms with Crippen molar-refractivity contribution in [1.29, 1.82) is 0 Å². The fourth-order valence-corrected chi connectivity index (χ4v) is 3.55. The maximum atomic E-state index is 12.5. The zero-order valence-corrected chi connectivity index (χ0v) is 14.1. The van der Waals surface area contributed by atoms with Crippen LogP contribution in [0.2, 0.25) is 0 Å². The van der Waals surface area contributed by atoms with Gasteiger partial charge in [-0.25, -0.2) is 0 Å². The number of aromatic amines is 2. The van der Waals surface area contributed by atoms with Crippen LogP contribution in [0.15, 0.2) is 23.0 Å². The number of fused-ring (bicyclic) bond motifs is 1. The lowest BCUT2D eigenvalue weighted by molar-refractivity contribution is 0.0891. The molecule has 0 radical (unpaired) electrons. The van der Waals surface area contributed by atoms with Gasteiger partial charge < -0.3 is 10.3 Å². The summed E-state index contributed by atoms with van der Waals surface area (Å²) in [5.74, 6) is 1.000. The molecule has 2 aromatic rings. The summed E-state index contributed by atoms with van der Waals surface area (Å²) in [5, 5.41) is 3.64. The smallest absolute Gasteiger partial charge is 0.259 e. The minimum absolute atomic E-state index is 0.0996. The Hall–Kier alpha value is -1.95. The highest BCUT2D eigenvalue weighted by Crippen LogP contribution is 2.29. The Kier molecular flexibility index (Phi) is 4.35. The van der Waals surface area contributed by atoms with Crippen LogP contribution in [-0.4, -0.2) is 21.9 Å². The molecule has 23 heavy (non-hydrogen) atoms. The van der Waals surface area contributed by atoms with Gasteiger partial charge in [-0.05, 0) is 48.7 Å². The average molecular weight is 331 g/mol. The van der Waals surface area contributed by atoms with E-state index in [-0.39, 0.29) is 22.3 Å². The van der Waals surface area contributed by atoms with Crippen molar-refractivity contribution in [3.63, 3.8) is 0 Å². The van der Waals surface area contributed by atoms with Crippen molar-refractivity contribution in [2.45, 2.75) is 39.2 Å². The van der Waals surface area contributed by atoms with Gasteiger partial charge in [0.2, 0.25) is 0 Å². The number of amides is 1. The molecule has 1 aliphatic rings. The van der Waals surface area contributed by atoms with Crippen LogP contribution in [0.25, 0.3) is 10.9 Å². The molecule has 5 nitrogen and oxygen atoms in total. The van der Waals surface area contributed by atoms with Gasteiger partial charge in [0.1, 0.15) is 0 Å². The second-order valence-electron chi connectivity index (χ2n) is 6.52. The Morgan fingerprint density at radius 2 is 2.04 bits per heavy atom. The molecule has 1 heterocycles. The van der Waals surface area contributed by atoms with Crippen molar-refractivity contribution >= 4 is 29.0 Å². The first-order valence-corrected chi connectivity index (χ1v) is 8.44. The number of rotatable bonds is 2. The predicted octanol–water partition coefficient (Wildman–Crippen LogP) is 3.14. The van der Waals surface area contributed by atoms with E-state index in [1.807, 2.05) is 0 Å².